The van der Waals surface area contributed by atoms with Gasteiger partial charge >= 0.3 is 0 Å². The van der Waals surface area contributed by atoms with E-state index in [0.29, 0.717) is 12.1 Å². The second-order valence-electron chi connectivity index (χ2n) is 3.74. The molecule has 12 heavy (non-hydrogen) atoms. The summed E-state index contributed by atoms with van der Waals surface area (Å²) in [6, 6.07) is 1.29. The van der Waals surface area contributed by atoms with E-state index in [1.165, 1.54) is 19.3 Å². The first-order valence-corrected chi connectivity index (χ1v) is 5.06. The molecule has 0 aliphatic carbocycles. The first kappa shape index (κ1) is 9.56. The third-order valence-corrected chi connectivity index (χ3v) is 2.54. The molecule has 1 fully saturated rings. The molecular formula is C10H20N2. The van der Waals surface area contributed by atoms with Crippen LogP contribution in [0, 0.1) is 0 Å². The van der Waals surface area contributed by atoms with Gasteiger partial charge in [-0.25, -0.2) is 0 Å². The van der Waals surface area contributed by atoms with Gasteiger partial charge in [-0.3, -0.25) is 5.01 Å². The maximum Gasteiger partial charge on any atom is 0.0446 e. The molecular weight excluding hydrogens is 148 g/mol. The van der Waals surface area contributed by atoms with Crippen molar-refractivity contribution in [3.63, 3.8) is 0 Å². The lowest BCUT2D eigenvalue weighted by Gasteiger charge is -2.22. The van der Waals surface area contributed by atoms with Crippen LogP contribution in [0.5, 0.6) is 0 Å². The van der Waals surface area contributed by atoms with E-state index in [9.17, 15) is 0 Å². The van der Waals surface area contributed by atoms with Crippen molar-refractivity contribution in [3.8, 4) is 0 Å². The molecule has 0 spiro atoms. The SMILES string of the molecule is CCC/C=N/N1[C@H](C)CC[C@H]1C. The van der Waals surface area contributed by atoms with Crippen molar-refractivity contribution in [1.29, 1.82) is 0 Å². The molecule has 0 aromatic carbocycles. The van der Waals surface area contributed by atoms with Crippen LogP contribution >= 0.6 is 0 Å². The smallest absolute Gasteiger partial charge is 0.0446 e. The largest absolute Gasteiger partial charge is 0.292 e. The number of hydrazone groups is 1. The Morgan fingerprint density at radius 2 is 1.92 bits per heavy atom. The molecule has 0 bridgehead atoms. The van der Waals surface area contributed by atoms with Gasteiger partial charge < -0.3 is 0 Å². The fraction of sp³-hybridized carbons (Fsp3) is 0.900. The summed E-state index contributed by atoms with van der Waals surface area (Å²) in [4.78, 5) is 0. The first-order chi connectivity index (χ1) is 5.75. The van der Waals surface area contributed by atoms with Gasteiger partial charge in [0.25, 0.3) is 0 Å². The minimum absolute atomic E-state index is 0.646. The van der Waals surface area contributed by atoms with Crippen LogP contribution < -0.4 is 0 Å². The summed E-state index contributed by atoms with van der Waals surface area (Å²) in [5.74, 6) is 0. The van der Waals surface area contributed by atoms with E-state index in [4.69, 9.17) is 0 Å². The van der Waals surface area contributed by atoms with Crippen molar-refractivity contribution in [1.82, 2.24) is 5.01 Å². The van der Waals surface area contributed by atoms with Crippen LogP contribution in [-0.4, -0.2) is 23.3 Å². The summed E-state index contributed by atoms with van der Waals surface area (Å²) in [6.07, 6.45) is 6.95. The van der Waals surface area contributed by atoms with Gasteiger partial charge in [0.1, 0.15) is 0 Å². The number of nitrogens with zero attached hydrogens (tertiary/aromatic N) is 2. The lowest BCUT2D eigenvalue weighted by atomic mass is 10.2. The number of hydrogen-bond acceptors (Lipinski definition) is 2. The summed E-state index contributed by atoms with van der Waals surface area (Å²) in [7, 11) is 0. The molecule has 2 atom stereocenters. The monoisotopic (exact) mass is 168 g/mol. The quantitative estimate of drug-likeness (QED) is 0.591. The summed E-state index contributed by atoms with van der Waals surface area (Å²) in [5, 5.41) is 6.73. The molecule has 1 rings (SSSR count). The van der Waals surface area contributed by atoms with Crippen LogP contribution in [0.2, 0.25) is 0 Å². The second kappa shape index (κ2) is 4.48. The molecule has 0 aromatic heterocycles. The Bertz CT molecular complexity index is 144. The molecule has 1 saturated heterocycles. The second-order valence-corrected chi connectivity index (χ2v) is 3.74. The van der Waals surface area contributed by atoms with Crippen molar-refractivity contribution in [2.45, 2.75) is 58.5 Å². The van der Waals surface area contributed by atoms with Crippen LogP contribution in [-0.2, 0) is 0 Å². The molecule has 0 N–H and O–H groups in total. The van der Waals surface area contributed by atoms with Crippen LogP contribution in [0.15, 0.2) is 5.10 Å². The Hall–Kier alpha value is -0.530. The van der Waals surface area contributed by atoms with Gasteiger partial charge in [0.15, 0.2) is 0 Å². The molecule has 1 aliphatic rings. The lowest BCUT2D eigenvalue weighted by molar-refractivity contribution is 0.226. The minimum atomic E-state index is 0.646. The average Bonchev–Trinajstić information content (AvgIpc) is 2.35. The van der Waals surface area contributed by atoms with Gasteiger partial charge in [-0.15, -0.1) is 0 Å². The molecule has 1 aliphatic heterocycles. The molecule has 2 nitrogen and oxygen atoms in total. The highest BCUT2D eigenvalue weighted by Crippen LogP contribution is 2.23. The predicted molar refractivity (Wildman–Crippen MR) is 53.4 cm³/mol. The van der Waals surface area contributed by atoms with E-state index in [1.54, 1.807) is 0 Å². The van der Waals surface area contributed by atoms with Crippen molar-refractivity contribution >= 4 is 6.21 Å². The molecule has 0 unspecified atom stereocenters. The van der Waals surface area contributed by atoms with Crippen molar-refractivity contribution in [2.75, 3.05) is 0 Å². The van der Waals surface area contributed by atoms with Gasteiger partial charge in [0, 0.05) is 18.3 Å². The Morgan fingerprint density at radius 3 is 2.42 bits per heavy atom. The summed E-state index contributed by atoms with van der Waals surface area (Å²) >= 11 is 0. The van der Waals surface area contributed by atoms with E-state index < -0.39 is 0 Å². The third kappa shape index (κ3) is 2.23. The lowest BCUT2D eigenvalue weighted by Crippen LogP contribution is -2.27. The standard InChI is InChI=1S/C10H20N2/c1-4-5-8-11-12-9(2)6-7-10(12)3/h8-10H,4-7H2,1-3H3/b11-8+/t9-,10-/m1/s1. The van der Waals surface area contributed by atoms with Crippen molar-refractivity contribution < 1.29 is 0 Å². The topological polar surface area (TPSA) is 15.6 Å². The maximum atomic E-state index is 4.48. The highest BCUT2D eigenvalue weighted by molar-refractivity contribution is 5.56. The van der Waals surface area contributed by atoms with Crippen LogP contribution in [0.1, 0.15) is 46.5 Å². The molecule has 70 valence electrons. The summed E-state index contributed by atoms with van der Waals surface area (Å²) in [6.45, 7) is 6.70. The van der Waals surface area contributed by atoms with Gasteiger partial charge in [0.2, 0.25) is 0 Å². The fourth-order valence-corrected chi connectivity index (χ4v) is 1.69. The normalized spacial score (nSPS) is 30.4. The molecule has 0 saturated carbocycles. The highest BCUT2D eigenvalue weighted by Gasteiger charge is 2.25. The number of rotatable bonds is 3. The Kier molecular flexibility index (Phi) is 3.57. The van der Waals surface area contributed by atoms with E-state index in [-0.39, 0.29) is 0 Å². The van der Waals surface area contributed by atoms with Gasteiger partial charge in [-0.2, -0.15) is 5.10 Å². The van der Waals surface area contributed by atoms with E-state index >= 15 is 0 Å². The van der Waals surface area contributed by atoms with Crippen molar-refractivity contribution in [2.24, 2.45) is 5.10 Å². The third-order valence-electron chi connectivity index (χ3n) is 2.54. The van der Waals surface area contributed by atoms with Crippen LogP contribution in [0.4, 0.5) is 0 Å². The summed E-state index contributed by atoms with van der Waals surface area (Å²) < 4.78 is 0. The molecule has 1 heterocycles. The highest BCUT2D eigenvalue weighted by atomic mass is 15.5. The number of hydrogen-bond donors (Lipinski definition) is 0. The van der Waals surface area contributed by atoms with E-state index in [0.717, 1.165) is 6.42 Å². The zero-order chi connectivity index (χ0) is 8.97. The fourth-order valence-electron chi connectivity index (χ4n) is 1.69. The maximum absolute atomic E-state index is 4.48. The number of unbranched alkanes of at least 4 members (excludes halogenated alkanes) is 1. The first-order valence-electron chi connectivity index (χ1n) is 5.06. The van der Waals surface area contributed by atoms with Crippen molar-refractivity contribution in [3.05, 3.63) is 0 Å². The van der Waals surface area contributed by atoms with Crippen LogP contribution in [0.25, 0.3) is 0 Å². The van der Waals surface area contributed by atoms with E-state index in [1.807, 2.05) is 0 Å². The molecule has 2 heteroatoms. The minimum Gasteiger partial charge on any atom is -0.292 e. The zero-order valence-electron chi connectivity index (χ0n) is 8.45. The molecule has 0 radical (unpaired) electrons. The summed E-state index contributed by atoms with van der Waals surface area (Å²) in [5.41, 5.74) is 0. The van der Waals surface area contributed by atoms with Gasteiger partial charge in [0.05, 0.1) is 0 Å². The zero-order valence-corrected chi connectivity index (χ0v) is 8.45. The van der Waals surface area contributed by atoms with Crippen LogP contribution in [0.3, 0.4) is 0 Å². The van der Waals surface area contributed by atoms with Gasteiger partial charge in [-0.05, 0) is 33.1 Å². The Morgan fingerprint density at radius 1 is 1.33 bits per heavy atom. The Balaban J connectivity index is 2.38. The predicted octanol–water partition coefficient (Wildman–Crippen LogP) is 2.65. The average molecular weight is 168 g/mol. The molecule has 0 amide bonds. The molecule has 0 aromatic rings. The Labute approximate surface area is 75.6 Å². The van der Waals surface area contributed by atoms with Gasteiger partial charge in [-0.1, -0.05) is 13.3 Å². The van der Waals surface area contributed by atoms with E-state index in [2.05, 4.69) is 37.1 Å².